The highest BCUT2D eigenvalue weighted by atomic mass is 32.2. The Balaban J connectivity index is 1.93. The average Bonchev–Trinajstić information content (AvgIpc) is 2.49. The highest BCUT2D eigenvalue weighted by molar-refractivity contribution is 7.92. The Morgan fingerprint density at radius 3 is 2.95 bits per heavy atom. The minimum Gasteiger partial charge on any atom is -0.385 e. The molecular formula is C15H17N3O2S. The number of rotatable bonds is 3. The molecule has 0 aliphatic carbocycles. The zero-order chi connectivity index (χ0) is 14.9. The molecule has 1 aliphatic heterocycles. The third kappa shape index (κ3) is 2.85. The first-order valence-electron chi connectivity index (χ1n) is 6.87. The van der Waals surface area contributed by atoms with Gasteiger partial charge in [0.15, 0.2) is 0 Å². The monoisotopic (exact) mass is 303 g/mol. The number of benzene rings is 1. The molecular weight excluding hydrogens is 286 g/mol. The van der Waals surface area contributed by atoms with Gasteiger partial charge in [-0.2, -0.15) is 0 Å². The Morgan fingerprint density at radius 2 is 2.14 bits per heavy atom. The van der Waals surface area contributed by atoms with Crippen LogP contribution in [-0.4, -0.2) is 19.9 Å². The van der Waals surface area contributed by atoms with E-state index in [0.29, 0.717) is 11.4 Å². The van der Waals surface area contributed by atoms with Crippen LogP contribution in [0.4, 0.5) is 11.4 Å². The number of aromatic nitrogens is 1. The summed E-state index contributed by atoms with van der Waals surface area (Å²) in [6.07, 6.45) is 3.56. The Morgan fingerprint density at radius 1 is 1.29 bits per heavy atom. The van der Waals surface area contributed by atoms with Gasteiger partial charge < -0.3 is 5.32 Å². The van der Waals surface area contributed by atoms with Crippen molar-refractivity contribution < 1.29 is 8.42 Å². The summed E-state index contributed by atoms with van der Waals surface area (Å²) in [6.45, 7) is 2.71. The molecule has 2 heterocycles. The zero-order valence-corrected chi connectivity index (χ0v) is 12.6. The second kappa shape index (κ2) is 5.37. The summed E-state index contributed by atoms with van der Waals surface area (Å²) in [4.78, 5) is 4.38. The van der Waals surface area contributed by atoms with Crippen molar-refractivity contribution in [3.8, 4) is 0 Å². The van der Waals surface area contributed by atoms with Crippen molar-refractivity contribution in [3.05, 3.63) is 47.8 Å². The molecule has 0 atom stereocenters. The van der Waals surface area contributed by atoms with Crippen LogP contribution in [0.15, 0.2) is 41.4 Å². The van der Waals surface area contributed by atoms with Crippen LogP contribution in [0.25, 0.3) is 0 Å². The van der Waals surface area contributed by atoms with E-state index in [1.54, 1.807) is 37.4 Å². The van der Waals surface area contributed by atoms with Crippen LogP contribution in [-0.2, 0) is 16.4 Å². The third-order valence-electron chi connectivity index (χ3n) is 3.58. The SMILES string of the molecule is Cc1ncccc1NS(=O)(=O)c1ccc2c(c1)CCCN2. The molecule has 3 rings (SSSR count). The van der Waals surface area contributed by atoms with Crippen molar-refractivity contribution in [3.63, 3.8) is 0 Å². The molecule has 1 aromatic carbocycles. The summed E-state index contributed by atoms with van der Waals surface area (Å²) < 4.78 is 27.6. The first kappa shape index (κ1) is 13.9. The summed E-state index contributed by atoms with van der Waals surface area (Å²) in [7, 11) is -3.59. The number of aryl methyl sites for hydroxylation is 2. The molecule has 0 saturated carbocycles. The second-order valence-electron chi connectivity index (χ2n) is 5.09. The smallest absolute Gasteiger partial charge is 0.261 e. The molecule has 21 heavy (non-hydrogen) atoms. The molecule has 0 unspecified atom stereocenters. The number of anilines is 2. The van der Waals surface area contributed by atoms with Crippen LogP contribution in [0.2, 0.25) is 0 Å². The van der Waals surface area contributed by atoms with Crippen molar-refractivity contribution in [2.45, 2.75) is 24.7 Å². The van der Waals surface area contributed by atoms with E-state index in [2.05, 4.69) is 15.0 Å². The first-order valence-corrected chi connectivity index (χ1v) is 8.36. The van der Waals surface area contributed by atoms with Crippen LogP contribution in [0, 0.1) is 6.92 Å². The highest BCUT2D eigenvalue weighted by Crippen LogP contribution is 2.26. The van der Waals surface area contributed by atoms with Crippen LogP contribution in [0.3, 0.4) is 0 Å². The topological polar surface area (TPSA) is 71.1 Å². The first-order chi connectivity index (χ1) is 10.1. The maximum Gasteiger partial charge on any atom is 0.261 e. The molecule has 1 aliphatic rings. The van der Waals surface area contributed by atoms with E-state index in [1.807, 2.05) is 6.07 Å². The van der Waals surface area contributed by atoms with E-state index in [4.69, 9.17) is 0 Å². The number of nitrogens with zero attached hydrogens (tertiary/aromatic N) is 1. The van der Waals surface area contributed by atoms with Crippen LogP contribution in [0.5, 0.6) is 0 Å². The lowest BCUT2D eigenvalue weighted by Gasteiger charge is -2.19. The van der Waals surface area contributed by atoms with E-state index in [0.717, 1.165) is 30.6 Å². The van der Waals surface area contributed by atoms with E-state index in [-0.39, 0.29) is 4.90 Å². The van der Waals surface area contributed by atoms with Crippen LogP contribution < -0.4 is 10.0 Å². The summed E-state index contributed by atoms with van der Waals surface area (Å²) >= 11 is 0. The van der Waals surface area contributed by atoms with E-state index < -0.39 is 10.0 Å². The van der Waals surface area contributed by atoms with Gasteiger partial charge in [0.05, 0.1) is 16.3 Å². The lowest BCUT2D eigenvalue weighted by molar-refractivity contribution is 0.601. The van der Waals surface area contributed by atoms with Crippen LogP contribution in [0.1, 0.15) is 17.7 Å². The fourth-order valence-corrected chi connectivity index (χ4v) is 3.58. The Labute approximate surface area is 124 Å². The molecule has 0 fully saturated rings. The molecule has 2 N–H and O–H groups in total. The van der Waals surface area contributed by atoms with Gasteiger partial charge in [-0.25, -0.2) is 8.42 Å². The number of sulfonamides is 1. The largest absolute Gasteiger partial charge is 0.385 e. The fourth-order valence-electron chi connectivity index (χ4n) is 2.41. The summed E-state index contributed by atoms with van der Waals surface area (Å²) in [5.41, 5.74) is 3.24. The molecule has 0 saturated heterocycles. The Bertz CT molecular complexity index is 772. The van der Waals surface area contributed by atoms with Crippen molar-refractivity contribution in [2.75, 3.05) is 16.6 Å². The van der Waals surface area contributed by atoms with E-state index >= 15 is 0 Å². The van der Waals surface area contributed by atoms with Gasteiger partial charge in [-0.1, -0.05) is 0 Å². The predicted molar refractivity (Wildman–Crippen MR) is 83.0 cm³/mol. The van der Waals surface area contributed by atoms with E-state index in [9.17, 15) is 8.42 Å². The lowest BCUT2D eigenvalue weighted by atomic mass is 10.0. The van der Waals surface area contributed by atoms with Crippen molar-refractivity contribution in [1.29, 1.82) is 0 Å². The van der Waals surface area contributed by atoms with Gasteiger partial charge in [-0.05, 0) is 55.7 Å². The third-order valence-corrected chi connectivity index (χ3v) is 4.94. The van der Waals surface area contributed by atoms with Crippen molar-refractivity contribution in [1.82, 2.24) is 4.98 Å². The lowest BCUT2D eigenvalue weighted by Crippen LogP contribution is -2.16. The zero-order valence-electron chi connectivity index (χ0n) is 11.8. The molecule has 5 nitrogen and oxygen atoms in total. The molecule has 6 heteroatoms. The fraction of sp³-hybridized carbons (Fsp3) is 0.267. The van der Waals surface area contributed by atoms with Gasteiger partial charge in [-0.3, -0.25) is 9.71 Å². The molecule has 1 aromatic heterocycles. The normalized spacial score (nSPS) is 14.1. The molecule has 0 spiro atoms. The van der Waals surface area contributed by atoms with Crippen molar-refractivity contribution in [2.24, 2.45) is 0 Å². The minimum atomic E-state index is -3.59. The minimum absolute atomic E-state index is 0.285. The number of nitrogens with one attached hydrogen (secondary N) is 2. The predicted octanol–water partition coefficient (Wildman–Crippen LogP) is 2.55. The van der Waals surface area contributed by atoms with Gasteiger partial charge in [-0.15, -0.1) is 0 Å². The molecule has 2 aromatic rings. The van der Waals surface area contributed by atoms with Crippen LogP contribution >= 0.6 is 0 Å². The molecule has 0 amide bonds. The van der Waals surface area contributed by atoms with Gasteiger partial charge >= 0.3 is 0 Å². The molecule has 0 bridgehead atoms. The van der Waals surface area contributed by atoms with Gasteiger partial charge in [0.1, 0.15) is 0 Å². The summed E-state index contributed by atoms with van der Waals surface area (Å²) in [5.74, 6) is 0. The second-order valence-corrected chi connectivity index (χ2v) is 6.77. The molecule has 110 valence electrons. The average molecular weight is 303 g/mol. The highest BCUT2D eigenvalue weighted by Gasteiger charge is 2.18. The number of hydrogen-bond acceptors (Lipinski definition) is 4. The Hall–Kier alpha value is -2.08. The van der Waals surface area contributed by atoms with Crippen molar-refractivity contribution >= 4 is 21.4 Å². The number of fused-ring (bicyclic) bond motifs is 1. The van der Waals surface area contributed by atoms with Gasteiger partial charge in [0, 0.05) is 18.4 Å². The van der Waals surface area contributed by atoms with E-state index in [1.165, 1.54) is 0 Å². The maximum atomic E-state index is 12.5. The maximum absolute atomic E-state index is 12.5. The standard InChI is InChI=1S/C15H17N3O2S/c1-11-14(5-3-8-16-11)18-21(19,20)13-6-7-15-12(10-13)4-2-9-17-15/h3,5-8,10,17-18H,2,4,9H2,1H3. The van der Waals surface area contributed by atoms with Gasteiger partial charge in [0.2, 0.25) is 0 Å². The summed E-state index contributed by atoms with van der Waals surface area (Å²) in [5, 5.41) is 3.27. The number of hydrogen-bond donors (Lipinski definition) is 2. The van der Waals surface area contributed by atoms with Gasteiger partial charge in [0.25, 0.3) is 10.0 Å². The quantitative estimate of drug-likeness (QED) is 0.914. The summed E-state index contributed by atoms with van der Waals surface area (Å²) in [6, 6.07) is 8.63. The number of pyridine rings is 1. The molecule has 0 radical (unpaired) electrons. The Kier molecular flexibility index (Phi) is 3.55.